The van der Waals surface area contributed by atoms with Gasteiger partial charge in [-0.1, -0.05) is 29.5 Å². The fourth-order valence-corrected chi connectivity index (χ4v) is 2.53. The normalized spacial score (nSPS) is 24.3. The zero-order valence-electron chi connectivity index (χ0n) is 10.6. The van der Waals surface area contributed by atoms with Gasteiger partial charge in [-0.15, -0.1) is 0 Å². The van der Waals surface area contributed by atoms with E-state index in [1.165, 1.54) is 18.2 Å². The Morgan fingerprint density at radius 1 is 1.33 bits per heavy atom. The maximum Gasteiger partial charge on any atom is 0.427 e. The lowest BCUT2D eigenvalue weighted by Crippen LogP contribution is -2.59. The van der Waals surface area contributed by atoms with Crippen molar-refractivity contribution in [2.75, 3.05) is 5.32 Å². The van der Waals surface area contributed by atoms with Crippen LogP contribution in [0.15, 0.2) is 18.2 Å². The quantitative estimate of drug-likeness (QED) is 0.705. The molecule has 1 aromatic carbocycles. The summed E-state index contributed by atoms with van der Waals surface area (Å²) < 4.78 is 41.1. The van der Waals surface area contributed by atoms with Gasteiger partial charge in [0, 0.05) is 16.5 Å². The third-order valence-electron chi connectivity index (χ3n) is 3.40. The van der Waals surface area contributed by atoms with Gasteiger partial charge in [-0.2, -0.15) is 13.2 Å². The van der Waals surface area contributed by atoms with Crippen molar-refractivity contribution in [2.24, 2.45) is 5.92 Å². The topological polar surface area (TPSA) is 41.1 Å². The molecule has 1 heterocycles. The summed E-state index contributed by atoms with van der Waals surface area (Å²) in [4.78, 5) is 11.6. The van der Waals surface area contributed by atoms with E-state index in [1.54, 1.807) is 0 Å². The van der Waals surface area contributed by atoms with E-state index in [-0.39, 0.29) is 22.2 Å². The number of alkyl halides is 3. The van der Waals surface area contributed by atoms with Gasteiger partial charge in [-0.05, 0) is 25.0 Å². The highest BCUT2D eigenvalue weighted by Crippen LogP contribution is 2.47. The smallest absolute Gasteiger partial charge is 0.310 e. The Balaban J connectivity index is 2.25. The Morgan fingerprint density at radius 3 is 2.67 bits per heavy atom. The number of fused-ring (bicyclic) bond motifs is 1. The van der Waals surface area contributed by atoms with Crippen LogP contribution in [0.5, 0.6) is 0 Å². The number of hydrogen-bond acceptors (Lipinski definition) is 1. The molecule has 0 spiro atoms. The summed E-state index contributed by atoms with van der Waals surface area (Å²) in [7, 11) is 0. The van der Waals surface area contributed by atoms with Gasteiger partial charge in [0.25, 0.3) is 0 Å². The molecule has 3 nitrogen and oxygen atoms in total. The second kappa shape index (κ2) is 4.57. The van der Waals surface area contributed by atoms with Gasteiger partial charge < -0.3 is 10.6 Å². The first-order valence-corrected chi connectivity index (χ1v) is 6.69. The molecular formula is C14H10ClF3N2O. The highest BCUT2D eigenvalue weighted by Gasteiger charge is 2.60. The molecular weight excluding hydrogens is 305 g/mol. The summed E-state index contributed by atoms with van der Waals surface area (Å²) in [6.45, 7) is 0. The van der Waals surface area contributed by atoms with Crippen LogP contribution < -0.4 is 10.6 Å². The number of benzene rings is 1. The summed E-state index contributed by atoms with van der Waals surface area (Å²) in [6, 6.07) is 3.24. The summed E-state index contributed by atoms with van der Waals surface area (Å²) >= 11 is 5.95. The monoisotopic (exact) mass is 314 g/mol. The molecule has 3 rings (SSSR count). The molecule has 1 aliphatic carbocycles. The fraction of sp³-hybridized carbons (Fsp3) is 0.357. The first kappa shape index (κ1) is 14.1. The average molecular weight is 315 g/mol. The van der Waals surface area contributed by atoms with Gasteiger partial charge in [0.2, 0.25) is 5.54 Å². The molecule has 2 aliphatic rings. The Morgan fingerprint density at radius 2 is 2.05 bits per heavy atom. The van der Waals surface area contributed by atoms with Crippen molar-refractivity contribution in [3.05, 3.63) is 28.8 Å². The van der Waals surface area contributed by atoms with Crippen molar-refractivity contribution in [2.45, 2.75) is 24.6 Å². The van der Waals surface area contributed by atoms with Crippen LogP contribution in [0, 0.1) is 17.8 Å². The zero-order chi connectivity index (χ0) is 15.3. The van der Waals surface area contributed by atoms with Gasteiger partial charge in [0.15, 0.2) is 0 Å². The zero-order valence-corrected chi connectivity index (χ0v) is 11.4. The van der Waals surface area contributed by atoms with Crippen LogP contribution >= 0.6 is 11.6 Å². The van der Waals surface area contributed by atoms with Gasteiger partial charge in [0.05, 0.1) is 5.69 Å². The van der Waals surface area contributed by atoms with Crippen LogP contribution in [-0.2, 0) is 5.54 Å². The highest BCUT2D eigenvalue weighted by atomic mass is 35.5. The van der Waals surface area contributed by atoms with Crippen LogP contribution in [0.3, 0.4) is 0 Å². The van der Waals surface area contributed by atoms with Crippen molar-refractivity contribution in [1.82, 2.24) is 5.32 Å². The van der Waals surface area contributed by atoms with Crippen LogP contribution in [0.2, 0.25) is 5.02 Å². The van der Waals surface area contributed by atoms with Crippen molar-refractivity contribution < 1.29 is 18.0 Å². The summed E-state index contributed by atoms with van der Waals surface area (Å²) in [6.07, 6.45) is -3.22. The van der Waals surface area contributed by atoms with E-state index in [9.17, 15) is 18.0 Å². The van der Waals surface area contributed by atoms with Crippen molar-refractivity contribution in [3.63, 3.8) is 0 Å². The maximum absolute atomic E-state index is 13.7. The van der Waals surface area contributed by atoms with E-state index in [0.717, 1.165) is 12.8 Å². The van der Waals surface area contributed by atoms with E-state index in [1.807, 2.05) is 5.32 Å². The van der Waals surface area contributed by atoms with Gasteiger partial charge in [-0.3, -0.25) is 0 Å². The molecule has 1 aromatic rings. The number of halogens is 4. The van der Waals surface area contributed by atoms with Crippen molar-refractivity contribution >= 4 is 23.3 Å². The molecule has 7 heteroatoms. The van der Waals surface area contributed by atoms with Crippen LogP contribution in [0.1, 0.15) is 18.4 Å². The molecule has 1 fully saturated rings. The number of urea groups is 1. The standard InChI is InChI=1S/C14H10ClF3N2O/c15-9-2-1-3-10-11(9)13(14(16,17)18,20-12(21)19-10)7-6-8-4-5-8/h1-3,8H,4-5H2,(H2,19,20,21). The molecule has 0 radical (unpaired) electrons. The molecule has 1 aliphatic heterocycles. The molecule has 2 N–H and O–H groups in total. The number of hydrogen-bond donors (Lipinski definition) is 2. The number of nitrogens with one attached hydrogen (secondary N) is 2. The van der Waals surface area contributed by atoms with Crippen LogP contribution in [-0.4, -0.2) is 12.2 Å². The Bertz CT molecular complexity index is 673. The van der Waals surface area contributed by atoms with E-state index >= 15 is 0 Å². The molecule has 1 atom stereocenters. The SMILES string of the molecule is O=C1Nc2cccc(Cl)c2C(C#CC2CC2)(C(F)(F)F)N1. The molecule has 1 unspecified atom stereocenters. The number of amides is 2. The van der Waals surface area contributed by atoms with Crippen molar-refractivity contribution in [3.8, 4) is 11.8 Å². The molecule has 0 bridgehead atoms. The van der Waals surface area contributed by atoms with E-state index in [2.05, 4.69) is 17.2 Å². The minimum Gasteiger partial charge on any atom is -0.310 e. The van der Waals surface area contributed by atoms with Crippen molar-refractivity contribution in [1.29, 1.82) is 0 Å². The van der Waals surface area contributed by atoms with E-state index in [4.69, 9.17) is 11.6 Å². The maximum atomic E-state index is 13.7. The lowest BCUT2D eigenvalue weighted by Gasteiger charge is -2.37. The van der Waals surface area contributed by atoms with E-state index < -0.39 is 17.7 Å². The number of carbonyl (C=O) groups is 1. The molecule has 0 saturated heterocycles. The highest BCUT2D eigenvalue weighted by molar-refractivity contribution is 6.32. The third-order valence-corrected chi connectivity index (χ3v) is 3.72. The summed E-state index contributed by atoms with van der Waals surface area (Å²) in [5.74, 6) is 4.78. The minimum atomic E-state index is -4.79. The lowest BCUT2D eigenvalue weighted by atomic mass is 9.86. The predicted octanol–water partition coefficient (Wildman–Crippen LogP) is 3.65. The van der Waals surface area contributed by atoms with E-state index in [0.29, 0.717) is 0 Å². The first-order valence-electron chi connectivity index (χ1n) is 6.31. The predicted molar refractivity (Wildman–Crippen MR) is 71.8 cm³/mol. The second-order valence-electron chi connectivity index (χ2n) is 5.03. The molecule has 110 valence electrons. The number of carbonyl (C=O) groups excluding carboxylic acids is 1. The summed E-state index contributed by atoms with van der Waals surface area (Å²) in [5.41, 5.74) is -3.01. The summed E-state index contributed by atoms with van der Waals surface area (Å²) in [5, 5.41) is 4.15. The molecule has 2 amide bonds. The Kier molecular flexibility index (Phi) is 3.06. The number of rotatable bonds is 0. The second-order valence-corrected chi connectivity index (χ2v) is 5.44. The lowest BCUT2D eigenvalue weighted by molar-refractivity contribution is -0.178. The molecule has 0 aromatic heterocycles. The minimum absolute atomic E-state index is 0.0219. The first-order chi connectivity index (χ1) is 9.83. The van der Waals surface area contributed by atoms with Crippen LogP contribution in [0.25, 0.3) is 0 Å². The van der Waals surface area contributed by atoms with Gasteiger partial charge in [0.1, 0.15) is 0 Å². The largest absolute Gasteiger partial charge is 0.427 e. The molecule has 1 saturated carbocycles. The number of anilines is 1. The van der Waals surface area contributed by atoms with Gasteiger partial charge in [-0.25, -0.2) is 4.79 Å². The fourth-order valence-electron chi connectivity index (χ4n) is 2.21. The van der Waals surface area contributed by atoms with Gasteiger partial charge >= 0.3 is 12.2 Å². The molecule has 21 heavy (non-hydrogen) atoms. The van der Waals surface area contributed by atoms with Crippen LogP contribution in [0.4, 0.5) is 23.7 Å². The average Bonchev–Trinajstić information content (AvgIpc) is 3.18. The third kappa shape index (κ3) is 2.32. The Hall–Kier alpha value is -1.87. The Labute approximate surface area is 123 Å².